The second-order valence-corrected chi connectivity index (χ2v) is 11.9. The smallest absolute Gasteiger partial charge is 0.189 e. The van der Waals surface area contributed by atoms with E-state index in [4.69, 9.17) is 20.9 Å². The van der Waals surface area contributed by atoms with E-state index in [1.165, 1.54) is 0 Å². The summed E-state index contributed by atoms with van der Waals surface area (Å²) in [4.78, 5) is 0. The van der Waals surface area contributed by atoms with Crippen LogP contribution in [-0.2, 0) is 4.74 Å². The van der Waals surface area contributed by atoms with E-state index in [9.17, 15) is 0 Å². The number of benzene rings is 1. The molecular weight excluding hydrogens is 312 g/mol. The van der Waals surface area contributed by atoms with Gasteiger partial charge >= 0.3 is 0 Å². The predicted molar refractivity (Wildman–Crippen MR) is 82.6 cm³/mol. The third-order valence-electron chi connectivity index (χ3n) is 2.43. The van der Waals surface area contributed by atoms with Gasteiger partial charge in [-0.05, 0) is 18.2 Å². The summed E-state index contributed by atoms with van der Waals surface area (Å²) in [6, 6.07) is 4.65. The van der Waals surface area contributed by atoms with Crippen LogP contribution < -0.4 is 16.2 Å². The molecule has 0 unspecified atom stereocenters. The van der Waals surface area contributed by atoms with Crippen molar-refractivity contribution in [3.05, 3.63) is 16.6 Å². The largest absolute Gasteiger partial charge is 0.465 e. The van der Waals surface area contributed by atoms with Crippen molar-refractivity contribution in [2.75, 3.05) is 24.9 Å². The molecule has 0 spiro atoms. The van der Waals surface area contributed by atoms with Crippen molar-refractivity contribution in [3.8, 4) is 5.75 Å². The van der Waals surface area contributed by atoms with E-state index in [-0.39, 0.29) is 6.79 Å². The number of hydrogen-bond acceptors (Lipinski definition) is 4. The van der Waals surface area contributed by atoms with Crippen molar-refractivity contribution in [3.63, 3.8) is 0 Å². The molecule has 6 heteroatoms. The molecule has 1 rings (SSSR count). The second kappa shape index (κ2) is 6.45. The maximum Gasteiger partial charge on any atom is 0.189 e. The van der Waals surface area contributed by atoms with E-state index in [1.54, 1.807) is 12.1 Å². The summed E-state index contributed by atoms with van der Waals surface area (Å²) >= 11 is 3.35. The van der Waals surface area contributed by atoms with Gasteiger partial charge in [-0.2, -0.15) is 0 Å². The topological polar surface area (TPSA) is 70.5 Å². The van der Waals surface area contributed by atoms with Crippen molar-refractivity contribution >= 4 is 35.4 Å². The van der Waals surface area contributed by atoms with Crippen LogP contribution in [0.25, 0.3) is 0 Å². The lowest BCUT2D eigenvalue weighted by molar-refractivity contribution is 0.0225. The number of rotatable bonds is 6. The lowest BCUT2D eigenvalue weighted by atomic mass is 10.2. The molecule has 0 aliphatic carbocycles. The van der Waals surface area contributed by atoms with Gasteiger partial charge in [-0.15, -0.1) is 0 Å². The lowest BCUT2D eigenvalue weighted by Crippen LogP contribution is -2.22. The number of nitrogens with two attached hydrogens (primary N) is 2. The lowest BCUT2D eigenvalue weighted by Gasteiger charge is -2.16. The fourth-order valence-electron chi connectivity index (χ4n) is 1.28. The van der Waals surface area contributed by atoms with Crippen LogP contribution in [0.15, 0.2) is 16.6 Å². The fraction of sp³-hybridized carbons (Fsp3) is 0.500. The normalized spacial score (nSPS) is 11.6. The van der Waals surface area contributed by atoms with Crippen molar-refractivity contribution in [1.29, 1.82) is 0 Å². The highest BCUT2D eigenvalue weighted by Gasteiger charge is 2.12. The summed E-state index contributed by atoms with van der Waals surface area (Å²) in [5, 5.41) is 0. The molecule has 18 heavy (non-hydrogen) atoms. The molecule has 0 amide bonds. The maximum absolute atomic E-state index is 5.82. The summed E-state index contributed by atoms with van der Waals surface area (Å²) in [7, 11) is -1.05. The van der Waals surface area contributed by atoms with Crippen LogP contribution in [0.2, 0.25) is 25.7 Å². The zero-order chi connectivity index (χ0) is 13.8. The van der Waals surface area contributed by atoms with E-state index in [0.717, 1.165) is 17.1 Å². The Balaban J connectivity index is 2.40. The minimum Gasteiger partial charge on any atom is -0.465 e. The van der Waals surface area contributed by atoms with E-state index < -0.39 is 8.07 Å². The van der Waals surface area contributed by atoms with Gasteiger partial charge in [0.15, 0.2) is 6.79 Å². The highest BCUT2D eigenvalue weighted by Crippen LogP contribution is 2.31. The Labute approximate surface area is 118 Å². The number of hydrogen-bond donors (Lipinski definition) is 2. The molecule has 0 radical (unpaired) electrons. The number of ether oxygens (including phenoxy) is 2. The van der Waals surface area contributed by atoms with Crippen molar-refractivity contribution in [2.24, 2.45) is 0 Å². The van der Waals surface area contributed by atoms with E-state index in [0.29, 0.717) is 17.1 Å². The minimum absolute atomic E-state index is 0.199. The molecule has 0 saturated carbocycles. The van der Waals surface area contributed by atoms with Gasteiger partial charge in [0.1, 0.15) is 5.75 Å². The van der Waals surface area contributed by atoms with Gasteiger partial charge in [-0.3, -0.25) is 0 Å². The van der Waals surface area contributed by atoms with E-state index in [1.807, 2.05) is 0 Å². The van der Waals surface area contributed by atoms with Crippen LogP contribution in [0.4, 0.5) is 11.4 Å². The first-order chi connectivity index (χ1) is 8.29. The highest BCUT2D eigenvalue weighted by molar-refractivity contribution is 9.10. The maximum atomic E-state index is 5.82. The molecule has 4 N–H and O–H groups in total. The molecule has 0 saturated heterocycles. The van der Waals surface area contributed by atoms with Crippen LogP contribution in [-0.4, -0.2) is 21.5 Å². The van der Waals surface area contributed by atoms with Crippen molar-refractivity contribution in [2.45, 2.75) is 25.7 Å². The molecule has 0 fully saturated rings. The molecule has 102 valence electrons. The van der Waals surface area contributed by atoms with Crippen LogP contribution in [0.1, 0.15) is 0 Å². The van der Waals surface area contributed by atoms with E-state index >= 15 is 0 Å². The zero-order valence-electron chi connectivity index (χ0n) is 11.1. The standard InChI is InChI=1S/C12H21BrN2O2Si/c1-18(2,3)5-4-16-8-17-11-7-9(13)6-10(14)12(11)15/h6-7H,4-5,8,14-15H2,1-3H3. The summed E-state index contributed by atoms with van der Waals surface area (Å²) in [5.41, 5.74) is 12.5. The van der Waals surface area contributed by atoms with Gasteiger partial charge in [0.05, 0.1) is 11.4 Å². The fourth-order valence-corrected chi connectivity index (χ4v) is 2.49. The van der Waals surface area contributed by atoms with Gasteiger partial charge in [-0.1, -0.05) is 35.6 Å². The summed E-state index contributed by atoms with van der Waals surface area (Å²) in [5.74, 6) is 0.551. The van der Waals surface area contributed by atoms with Gasteiger partial charge in [0, 0.05) is 19.2 Å². The molecule has 4 nitrogen and oxygen atoms in total. The first-order valence-electron chi connectivity index (χ1n) is 5.84. The molecule has 0 heterocycles. The number of nitrogen functional groups attached to an aromatic ring is 2. The molecule has 1 aromatic carbocycles. The SMILES string of the molecule is C[Si](C)(C)CCOCOc1cc(Br)cc(N)c1N. The van der Waals surface area contributed by atoms with Crippen LogP contribution in [0.3, 0.4) is 0 Å². The summed E-state index contributed by atoms with van der Waals surface area (Å²) in [6.07, 6.45) is 0. The molecule has 0 aliphatic rings. The van der Waals surface area contributed by atoms with Crippen LogP contribution >= 0.6 is 15.9 Å². The number of anilines is 2. The minimum atomic E-state index is -1.05. The molecule has 0 aromatic heterocycles. The van der Waals surface area contributed by atoms with Crippen LogP contribution in [0.5, 0.6) is 5.75 Å². The molecule has 1 aromatic rings. The monoisotopic (exact) mass is 332 g/mol. The average Bonchev–Trinajstić information content (AvgIpc) is 2.22. The van der Waals surface area contributed by atoms with Gasteiger partial charge < -0.3 is 20.9 Å². The van der Waals surface area contributed by atoms with E-state index in [2.05, 4.69) is 35.6 Å². The Kier molecular flexibility index (Phi) is 5.49. The molecular formula is C12H21BrN2O2Si. The summed E-state index contributed by atoms with van der Waals surface area (Å²) in [6.45, 7) is 7.85. The van der Waals surface area contributed by atoms with Gasteiger partial charge in [0.2, 0.25) is 0 Å². The summed E-state index contributed by atoms with van der Waals surface area (Å²) < 4.78 is 11.8. The van der Waals surface area contributed by atoms with Crippen molar-refractivity contribution < 1.29 is 9.47 Å². The Morgan fingerprint density at radius 1 is 1.22 bits per heavy atom. The number of halogens is 1. The first kappa shape index (κ1) is 15.3. The first-order valence-corrected chi connectivity index (χ1v) is 10.3. The zero-order valence-corrected chi connectivity index (χ0v) is 13.7. The Hall–Kier alpha value is -0.723. The predicted octanol–water partition coefficient (Wildman–Crippen LogP) is 3.30. The third-order valence-corrected chi connectivity index (χ3v) is 4.59. The second-order valence-electron chi connectivity index (χ2n) is 5.39. The van der Waals surface area contributed by atoms with Gasteiger partial charge in [0.25, 0.3) is 0 Å². The average molecular weight is 333 g/mol. The molecule has 0 bridgehead atoms. The Morgan fingerprint density at radius 3 is 2.50 bits per heavy atom. The quantitative estimate of drug-likeness (QED) is 0.363. The highest BCUT2D eigenvalue weighted by atomic mass is 79.9. The Morgan fingerprint density at radius 2 is 1.89 bits per heavy atom. The third kappa shape index (κ3) is 5.28. The molecule has 0 aliphatic heterocycles. The van der Waals surface area contributed by atoms with Crippen molar-refractivity contribution in [1.82, 2.24) is 0 Å². The molecule has 0 atom stereocenters. The van der Waals surface area contributed by atoms with Crippen LogP contribution in [0, 0.1) is 0 Å². The Bertz CT molecular complexity index is 408. The van der Waals surface area contributed by atoms with Gasteiger partial charge in [-0.25, -0.2) is 0 Å².